The zero-order valence-corrected chi connectivity index (χ0v) is 12.9. The van der Waals surface area contributed by atoms with Gasteiger partial charge in [-0.3, -0.25) is 9.69 Å². The van der Waals surface area contributed by atoms with Crippen LogP contribution >= 0.6 is 0 Å². The minimum atomic E-state index is -0.00270. The largest absolute Gasteiger partial charge is 0.466 e. The number of furan rings is 1. The summed E-state index contributed by atoms with van der Waals surface area (Å²) in [6, 6.07) is 1.83. The SMILES string of the molecule is Cc1cc(C(=O)N2CCN(C(C)(C)CN)CC2)c(C)o1. The number of nitrogens with zero attached hydrogens (tertiary/aromatic N) is 2. The van der Waals surface area contributed by atoms with Crippen molar-refractivity contribution < 1.29 is 9.21 Å². The lowest BCUT2D eigenvalue weighted by molar-refractivity contribution is 0.0425. The first-order valence-corrected chi connectivity index (χ1v) is 7.16. The topological polar surface area (TPSA) is 62.7 Å². The summed E-state index contributed by atoms with van der Waals surface area (Å²) in [6.07, 6.45) is 0. The average molecular weight is 279 g/mol. The van der Waals surface area contributed by atoms with Crippen LogP contribution in [0.2, 0.25) is 0 Å². The van der Waals surface area contributed by atoms with Gasteiger partial charge in [-0.2, -0.15) is 0 Å². The summed E-state index contributed by atoms with van der Waals surface area (Å²) in [5, 5.41) is 0. The molecule has 0 bridgehead atoms. The molecule has 2 heterocycles. The predicted octanol–water partition coefficient (Wildman–Crippen LogP) is 1.39. The number of carbonyl (C=O) groups excluding carboxylic acids is 1. The van der Waals surface area contributed by atoms with E-state index in [1.165, 1.54) is 0 Å². The van der Waals surface area contributed by atoms with Crippen molar-refractivity contribution in [2.45, 2.75) is 33.2 Å². The van der Waals surface area contributed by atoms with E-state index in [0.717, 1.165) is 31.9 Å². The van der Waals surface area contributed by atoms with Crippen molar-refractivity contribution in [1.82, 2.24) is 9.80 Å². The van der Waals surface area contributed by atoms with E-state index < -0.39 is 0 Å². The molecule has 1 amide bonds. The van der Waals surface area contributed by atoms with Crippen molar-refractivity contribution in [3.8, 4) is 0 Å². The van der Waals surface area contributed by atoms with Crippen LogP contribution in [0.25, 0.3) is 0 Å². The number of hydrogen-bond acceptors (Lipinski definition) is 4. The highest BCUT2D eigenvalue weighted by Crippen LogP contribution is 2.19. The fourth-order valence-corrected chi connectivity index (χ4v) is 2.66. The van der Waals surface area contributed by atoms with E-state index in [-0.39, 0.29) is 11.4 Å². The van der Waals surface area contributed by atoms with Crippen molar-refractivity contribution in [3.63, 3.8) is 0 Å². The molecule has 2 rings (SSSR count). The van der Waals surface area contributed by atoms with Gasteiger partial charge in [-0.05, 0) is 33.8 Å². The Morgan fingerprint density at radius 3 is 2.35 bits per heavy atom. The molecule has 5 heteroatoms. The standard InChI is InChI=1S/C15H25N3O2/c1-11-9-13(12(2)20-11)14(19)17-5-7-18(8-6-17)15(3,4)10-16/h9H,5-8,10,16H2,1-4H3. The monoisotopic (exact) mass is 279 g/mol. The van der Waals surface area contributed by atoms with Gasteiger partial charge in [0.05, 0.1) is 5.56 Å². The number of hydrogen-bond donors (Lipinski definition) is 1. The lowest BCUT2D eigenvalue weighted by atomic mass is 10.0. The van der Waals surface area contributed by atoms with Crippen molar-refractivity contribution in [1.29, 1.82) is 0 Å². The van der Waals surface area contributed by atoms with Crippen LogP contribution in [0.1, 0.15) is 35.7 Å². The number of nitrogens with two attached hydrogens (primary N) is 1. The molecular formula is C15H25N3O2. The Morgan fingerprint density at radius 2 is 1.90 bits per heavy atom. The molecule has 0 saturated carbocycles. The lowest BCUT2D eigenvalue weighted by Crippen LogP contribution is -2.58. The maximum atomic E-state index is 12.5. The quantitative estimate of drug-likeness (QED) is 0.908. The van der Waals surface area contributed by atoms with Gasteiger partial charge in [-0.15, -0.1) is 0 Å². The van der Waals surface area contributed by atoms with Crippen LogP contribution in [-0.4, -0.2) is 54.0 Å². The fraction of sp³-hybridized carbons (Fsp3) is 0.667. The Bertz CT molecular complexity index is 485. The Kier molecular flexibility index (Phi) is 4.20. The molecule has 20 heavy (non-hydrogen) atoms. The summed E-state index contributed by atoms with van der Waals surface area (Å²) in [6.45, 7) is 11.8. The van der Waals surface area contributed by atoms with E-state index in [9.17, 15) is 4.79 Å². The highest BCUT2D eigenvalue weighted by atomic mass is 16.3. The summed E-state index contributed by atoms with van der Waals surface area (Å²) >= 11 is 0. The zero-order valence-electron chi connectivity index (χ0n) is 12.9. The average Bonchev–Trinajstić information content (AvgIpc) is 2.77. The molecule has 112 valence electrons. The summed E-state index contributed by atoms with van der Waals surface area (Å²) in [4.78, 5) is 16.7. The summed E-state index contributed by atoms with van der Waals surface area (Å²) in [5.74, 6) is 1.57. The van der Waals surface area contributed by atoms with Crippen molar-refractivity contribution >= 4 is 5.91 Å². The van der Waals surface area contributed by atoms with Crippen LogP contribution in [0.4, 0.5) is 0 Å². The Hall–Kier alpha value is -1.33. The number of aryl methyl sites for hydroxylation is 2. The molecule has 0 spiro atoms. The second-order valence-electron chi connectivity index (χ2n) is 6.12. The van der Waals surface area contributed by atoms with Gasteiger partial charge in [0.2, 0.25) is 0 Å². The van der Waals surface area contributed by atoms with Gasteiger partial charge in [0.15, 0.2) is 0 Å². The highest BCUT2D eigenvalue weighted by Gasteiger charge is 2.31. The molecule has 1 aliphatic heterocycles. The molecule has 0 unspecified atom stereocenters. The zero-order chi connectivity index (χ0) is 14.9. The second-order valence-corrected chi connectivity index (χ2v) is 6.12. The van der Waals surface area contributed by atoms with Gasteiger partial charge in [-0.25, -0.2) is 0 Å². The van der Waals surface area contributed by atoms with E-state index in [2.05, 4.69) is 18.7 Å². The Labute approximate surface area is 120 Å². The summed E-state index contributed by atoms with van der Waals surface area (Å²) in [7, 11) is 0. The Balaban J connectivity index is 2.01. The Morgan fingerprint density at radius 1 is 1.30 bits per heavy atom. The molecule has 1 aromatic heterocycles. The minimum Gasteiger partial charge on any atom is -0.466 e. The number of amides is 1. The van der Waals surface area contributed by atoms with Gasteiger partial charge >= 0.3 is 0 Å². The maximum absolute atomic E-state index is 12.5. The molecule has 2 N–H and O–H groups in total. The first kappa shape index (κ1) is 15.1. The third-order valence-electron chi connectivity index (χ3n) is 4.19. The van der Waals surface area contributed by atoms with Gasteiger partial charge < -0.3 is 15.1 Å². The van der Waals surface area contributed by atoms with Crippen LogP contribution in [0.5, 0.6) is 0 Å². The summed E-state index contributed by atoms with van der Waals surface area (Å²) in [5.41, 5.74) is 6.50. The first-order chi connectivity index (χ1) is 9.35. The van der Waals surface area contributed by atoms with Crippen LogP contribution in [-0.2, 0) is 0 Å². The van der Waals surface area contributed by atoms with Crippen LogP contribution in [0, 0.1) is 13.8 Å². The van der Waals surface area contributed by atoms with Crippen molar-refractivity contribution in [2.24, 2.45) is 5.73 Å². The van der Waals surface area contributed by atoms with E-state index in [1.807, 2.05) is 24.8 Å². The van der Waals surface area contributed by atoms with Gasteiger partial charge in [0.25, 0.3) is 5.91 Å². The third-order valence-corrected chi connectivity index (χ3v) is 4.19. The molecule has 1 aliphatic rings. The van der Waals surface area contributed by atoms with Gasteiger partial charge in [0, 0.05) is 38.3 Å². The first-order valence-electron chi connectivity index (χ1n) is 7.16. The molecule has 0 aromatic carbocycles. The summed E-state index contributed by atoms with van der Waals surface area (Å²) < 4.78 is 5.44. The van der Waals surface area contributed by atoms with Crippen LogP contribution < -0.4 is 5.73 Å². The third kappa shape index (κ3) is 2.88. The van der Waals surface area contributed by atoms with Crippen molar-refractivity contribution in [2.75, 3.05) is 32.7 Å². The number of rotatable bonds is 3. The van der Waals surface area contributed by atoms with Gasteiger partial charge in [-0.1, -0.05) is 0 Å². The second kappa shape index (κ2) is 5.58. The predicted molar refractivity (Wildman–Crippen MR) is 78.8 cm³/mol. The van der Waals surface area contributed by atoms with Crippen molar-refractivity contribution in [3.05, 3.63) is 23.2 Å². The number of carbonyl (C=O) groups is 1. The molecule has 0 radical (unpaired) electrons. The smallest absolute Gasteiger partial charge is 0.257 e. The van der Waals surface area contributed by atoms with E-state index in [4.69, 9.17) is 10.2 Å². The maximum Gasteiger partial charge on any atom is 0.257 e. The molecule has 5 nitrogen and oxygen atoms in total. The lowest BCUT2D eigenvalue weighted by Gasteiger charge is -2.43. The number of piperazine rings is 1. The minimum absolute atomic E-state index is 0.00270. The van der Waals surface area contributed by atoms with E-state index in [1.54, 1.807) is 0 Å². The van der Waals surface area contributed by atoms with Gasteiger partial charge in [0.1, 0.15) is 11.5 Å². The molecule has 0 atom stereocenters. The molecule has 1 saturated heterocycles. The fourth-order valence-electron chi connectivity index (χ4n) is 2.66. The molecule has 1 aromatic rings. The molecular weight excluding hydrogens is 254 g/mol. The van der Waals surface area contributed by atoms with Crippen LogP contribution in [0.3, 0.4) is 0 Å². The molecule has 0 aliphatic carbocycles. The van der Waals surface area contributed by atoms with E-state index >= 15 is 0 Å². The van der Waals surface area contributed by atoms with E-state index in [0.29, 0.717) is 17.9 Å². The normalized spacial score (nSPS) is 17.6. The van der Waals surface area contributed by atoms with Crippen LogP contribution in [0.15, 0.2) is 10.5 Å². The highest BCUT2D eigenvalue weighted by molar-refractivity contribution is 5.95. The molecule has 1 fully saturated rings.